The number of halogens is 2. The zero-order chi connectivity index (χ0) is 10.3. The number of rotatable bonds is 1. The van der Waals surface area contributed by atoms with Crippen LogP contribution in [0.4, 0.5) is 4.39 Å². The average molecular weight is 259 g/mol. The van der Waals surface area contributed by atoms with Crippen molar-refractivity contribution in [3.8, 4) is 0 Å². The van der Waals surface area contributed by atoms with Crippen LogP contribution < -0.4 is 0 Å². The smallest absolute Gasteiger partial charge is 0.337 e. The molecule has 2 aromatic rings. The van der Waals surface area contributed by atoms with E-state index in [4.69, 9.17) is 5.11 Å². The first-order valence-electron chi connectivity index (χ1n) is 3.66. The van der Waals surface area contributed by atoms with Gasteiger partial charge in [0.25, 0.3) is 0 Å². The molecule has 0 saturated heterocycles. The lowest BCUT2D eigenvalue weighted by molar-refractivity contribution is 0.0699. The SMILES string of the molecule is O=C(O)c1ccc(F)c2nc(Br)[nH]c12. The highest BCUT2D eigenvalue weighted by Gasteiger charge is 2.14. The first-order chi connectivity index (χ1) is 6.59. The normalized spacial score (nSPS) is 10.7. The number of H-pyrrole nitrogens is 1. The third-order valence-corrected chi connectivity index (χ3v) is 2.17. The number of fused-ring (bicyclic) bond motifs is 1. The van der Waals surface area contributed by atoms with Crippen molar-refractivity contribution in [2.75, 3.05) is 0 Å². The second-order valence-corrected chi connectivity index (χ2v) is 3.40. The van der Waals surface area contributed by atoms with Crippen LogP contribution in [-0.4, -0.2) is 21.0 Å². The molecule has 0 aliphatic heterocycles. The van der Waals surface area contributed by atoms with Crippen LogP contribution in [0.3, 0.4) is 0 Å². The number of aromatic carboxylic acids is 1. The first kappa shape index (κ1) is 9.14. The molecule has 2 N–H and O–H groups in total. The molecular formula is C8H4BrFN2O2. The molecule has 4 nitrogen and oxygen atoms in total. The largest absolute Gasteiger partial charge is 0.478 e. The molecule has 2 rings (SSSR count). The molecular weight excluding hydrogens is 255 g/mol. The van der Waals surface area contributed by atoms with Crippen LogP contribution in [0.2, 0.25) is 0 Å². The summed E-state index contributed by atoms with van der Waals surface area (Å²) in [5.74, 6) is -1.67. The minimum atomic E-state index is -1.12. The predicted molar refractivity (Wildman–Crippen MR) is 50.7 cm³/mol. The van der Waals surface area contributed by atoms with Crippen LogP contribution in [0.1, 0.15) is 10.4 Å². The van der Waals surface area contributed by atoms with E-state index >= 15 is 0 Å². The number of aromatic nitrogens is 2. The summed E-state index contributed by atoms with van der Waals surface area (Å²) >= 11 is 3.02. The van der Waals surface area contributed by atoms with Crippen molar-refractivity contribution >= 4 is 32.9 Å². The Balaban J connectivity index is 2.87. The Labute approximate surface area is 85.9 Å². The van der Waals surface area contributed by atoms with Gasteiger partial charge >= 0.3 is 5.97 Å². The number of carboxylic acids is 1. The molecule has 0 aliphatic rings. The van der Waals surface area contributed by atoms with Gasteiger partial charge in [-0.1, -0.05) is 0 Å². The Bertz CT molecular complexity index is 523. The molecule has 0 aliphatic carbocycles. The zero-order valence-electron chi connectivity index (χ0n) is 6.71. The number of carboxylic acid groups (broad SMARTS) is 1. The number of nitrogens with zero attached hydrogens (tertiary/aromatic N) is 1. The maximum atomic E-state index is 13.1. The molecule has 0 amide bonds. The summed E-state index contributed by atoms with van der Waals surface area (Å²) in [4.78, 5) is 17.2. The van der Waals surface area contributed by atoms with Crippen LogP contribution in [-0.2, 0) is 0 Å². The third kappa shape index (κ3) is 1.27. The molecule has 1 aromatic heterocycles. The van der Waals surface area contributed by atoms with Crippen molar-refractivity contribution in [2.24, 2.45) is 0 Å². The highest BCUT2D eigenvalue weighted by Crippen LogP contribution is 2.21. The van der Waals surface area contributed by atoms with Gasteiger partial charge in [0.05, 0.1) is 11.1 Å². The molecule has 1 aromatic carbocycles. The number of imidazole rings is 1. The highest BCUT2D eigenvalue weighted by atomic mass is 79.9. The summed E-state index contributed by atoms with van der Waals surface area (Å²) in [6.07, 6.45) is 0. The molecule has 1 heterocycles. The number of nitrogens with one attached hydrogen (secondary N) is 1. The van der Waals surface area contributed by atoms with Crippen molar-refractivity contribution in [1.29, 1.82) is 0 Å². The summed E-state index contributed by atoms with van der Waals surface area (Å²) < 4.78 is 13.5. The fourth-order valence-corrected chi connectivity index (χ4v) is 1.58. The third-order valence-electron chi connectivity index (χ3n) is 1.80. The summed E-state index contributed by atoms with van der Waals surface area (Å²) in [7, 11) is 0. The highest BCUT2D eigenvalue weighted by molar-refractivity contribution is 9.10. The number of benzene rings is 1. The van der Waals surface area contributed by atoms with Crippen LogP contribution in [0.25, 0.3) is 11.0 Å². The van der Waals surface area contributed by atoms with Crippen LogP contribution in [0.5, 0.6) is 0 Å². The fraction of sp³-hybridized carbons (Fsp3) is 0. The monoisotopic (exact) mass is 258 g/mol. The van der Waals surface area contributed by atoms with E-state index in [1.54, 1.807) is 0 Å². The number of hydrogen-bond acceptors (Lipinski definition) is 2. The lowest BCUT2D eigenvalue weighted by atomic mass is 10.2. The number of carbonyl (C=O) groups is 1. The summed E-state index contributed by atoms with van der Waals surface area (Å²) in [6.45, 7) is 0. The quantitative estimate of drug-likeness (QED) is 0.824. The first-order valence-corrected chi connectivity index (χ1v) is 4.46. The van der Waals surface area contributed by atoms with Gasteiger partial charge in [-0.15, -0.1) is 0 Å². The molecule has 0 atom stereocenters. The average Bonchev–Trinajstić information content (AvgIpc) is 2.47. The molecule has 14 heavy (non-hydrogen) atoms. The number of aromatic amines is 1. The maximum Gasteiger partial charge on any atom is 0.337 e. The summed E-state index contributed by atoms with van der Waals surface area (Å²) in [5.41, 5.74) is 0.209. The van der Waals surface area contributed by atoms with E-state index in [1.807, 2.05) is 0 Å². The van der Waals surface area contributed by atoms with Gasteiger partial charge in [0, 0.05) is 0 Å². The van der Waals surface area contributed by atoms with Gasteiger partial charge in [-0.3, -0.25) is 0 Å². The van der Waals surface area contributed by atoms with Crippen molar-refractivity contribution in [1.82, 2.24) is 9.97 Å². The van der Waals surface area contributed by atoms with Crippen LogP contribution in [0.15, 0.2) is 16.9 Å². The van der Waals surface area contributed by atoms with Gasteiger partial charge in [0.2, 0.25) is 0 Å². The molecule has 0 bridgehead atoms. The van der Waals surface area contributed by atoms with Crippen molar-refractivity contribution in [2.45, 2.75) is 0 Å². The van der Waals surface area contributed by atoms with Gasteiger partial charge in [-0.25, -0.2) is 14.2 Å². The molecule has 0 unspecified atom stereocenters. The van der Waals surface area contributed by atoms with E-state index in [0.717, 1.165) is 6.07 Å². The predicted octanol–water partition coefficient (Wildman–Crippen LogP) is 2.16. The van der Waals surface area contributed by atoms with E-state index < -0.39 is 11.8 Å². The molecule has 0 saturated carbocycles. The Morgan fingerprint density at radius 3 is 2.93 bits per heavy atom. The van der Waals surface area contributed by atoms with Gasteiger partial charge in [0.1, 0.15) is 5.52 Å². The van der Waals surface area contributed by atoms with Gasteiger partial charge in [-0.05, 0) is 28.1 Å². The van der Waals surface area contributed by atoms with Crippen molar-refractivity contribution < 1.29 is 14.3 Å². The lowest BCUT2D eigenvalue weighted by Gasteiger charge is -1.96. The minimum absolute atomic E-state index is 0.000370. The van der Waals surface area contributed by atoms with Crippen molar-refractivity contribution in [3.05, 3.63) is 28.2 Å². The van der Waals surface area contributed by atoms with E-state index in [-0.39, 0.29) is 16.6 Å². The topological polar surface area (TPSA) is 66.0 Å². The summed E-state index contributed by atoms with van der Waals surface area (Å²) in [6, 6.07) is 2.28. The minimum Gasteiger partial charge on any atom is -0.478 e. The molecule has 6 heteroatoms. The molecule has 72 valence electrons. The summed E-state index contributed by atoms with van der Waals surface area (Å²) in [5, 5.41) is 8.80. The Hall–Kier alpha value is -1.43. The van der Waals surface area contributed by atoms with E-state index in [9.17, 15) is 9.18 Å². The Morgan fingerprint density at radius 1 is 1.57 bits per heavy atom. The number of hydrogen-bond donors (Lipinski definition) is 2. The van der Waals surface area contributed by atoms with Gasteiger partial charge in [-0.2, -0.15) is 0 Å². The second kappa shape index (κ2) is 3.06. The maximum absolute atomic E-state index is 13.1. The van der Waals surface area contributed by atoms with Gasteiger partial charge < -0.3 is 10.1 Å². The van der Waals surface area contributed by atoms with E-state index in [0.29, 0.717) is 4.73 Å². The Kier molecular flexibility index (Phi) is 1.99. The van der Waals surface area contributed by atoms with Gasteiger partial charge in [0.15, 0.2) is 10.6 Å². The molecule has 0 fully saturated rings. The van der Waals surface area contributed by atoms with Crippen molar-refractivity contribution in [3.63, 3.8) is 0 Å². The van der Waals surface area contributed by atoms with E-state index in [1.165, 1.54) is 6.07 Å². The molecule has 0 radical (unpaired) electrons. The Morgan fingerprint density at radius 2 is 2.29 bits per heavy atom. The van der Waals surface area contributed by atoms with Crippen LogP contribution >= 0.6 is 15.9 Å². The van der Waals surface area contributed by atoms with Crippen LogP contribution in [0, 0.1) is 5.82 Å². The van der Waals surface area contributed by atoms with E-state index in [2.05, 4.69) is 25.9 Å². The second-order valence-electron chi connectivity index (χ2n) is 2.65. The standard InChI is InChI=1S/C8H4BrFN2O2/c9-8-11-5-3(7(13)14)1-2-4(10)6(5)12-8/h1-2H,(H,11,12)(H,13,14). The fourth-order valence-electron chi connectivity index (χ4n) is 1.21. The molecule has 0 spiro atoms. The zero-order valence-corrected chi connectivity index (χ0v) is 8.30. The lowest BCUT2D eigenvalue weighted by Crippen LogP contribution is -1.98.